The number of unbranched alkanes of at least 4 members (excludes halogenated alkanes) is 1. The lowest BCUT2D eigenvalue weighted by Gasteiger charge is -2.02. The third-order valence-electron chi connectivity index (χ3n) is 1.31. The standard InChI is InChI=1S/C7H10N2O3/c8-6(3-1-2-4-10)7(12)9-5-11/h4,6H,1-3,8H2. The van der Waals surface area contributed by atoms with Crippen LogP contribution in [0.15, 0.2) is 4.99 Å². The largest absolute Gasteiger partial charge is 0.320 e. The van der Waals surface area contributed by atoms with Crippen molar-refractivity contribution in [1.82, 2.24) is 0 Å². The molecule has 5 nitrogen and oxygen atoms in total. The average molecular weight is 170 g/mol. The number of isocyanates is 1. The van der Waals surface area contributed by atoms with Gasteiger partial charge in [-0.05, 0) is 12.8 Å². The molecule has 0 rings (SSSR count). The molecule has 0 aliphatic rings. The average Bonchev–Trinajstić information content (AvgIpc) is 2.05. The van der Waals surface area contributed by atoms with Crippen molar-refractivity contribution in [3.05, 3.63) is 0 Å². The van der Waals surface area contributed by atoms with Crippen molar-refractivity contribution >= 4 is 18.3 Å². The van der Waals surface area contributed by atoms with E-state index in [-0.39, 0.29) is 0 Å². The lowest BCUT2D eigenvalue weighted by Crippen LogP contribution is -2.28. The third kappa shape index (κ3) is 4.49. The Bertz CT molecular complexity index is 209. The van der Waals surface area contributed by atoms with Gasteiger partial charge in [0, 0.05) is 6.42 Å². The molecule has 0 fully saturated rings. The SMILES string of the molecule is NC(CCCC=O)C(=O)N=C=O. The summed E-state index contributed by atoms with van der Waals surface area (Å²) in [6.07, 6.45) is 3.13. The number of aldehydes is 1. The van der Waals surface area contributed by atoms with Gasteiger partial charge in [0.15, 0.2) is 0 Å². The zero-order valence-electron chi connectivity index (χ0n) is 6.53. The Balaban J connectivity index is 3.70. The molecule has 1 unspecified atom stereocenters. The van der Waals surface area contributed by atoms with E-state index in [1.807, 2.05) is 0 Å². The number of hydrogen-bond donors (Lipinski definition) is 1. The number of hydrogen-bond acceptors (Lipinski definition) is 4. The minimum atomic E-state index is -0.786. The maximum absolute atomic E-state index is 10.7. The lowest BCUT2D eigenvalue weighted by atomic mass is 10.1. The first kappa shape index (κ1) is 10.7. The van der Waals surface area contributed by atoms with Crippen molar-refractivity contribution in [2.24, 2.45) is 10.7 Å². The molecule has 1 atom stereocenters. The van der Waals surface area contributed by atoms with E-state index in [1.54, 1.807) is 0 Å². The van der Waals surface area contributed by atoms with Gasteiger partial charge < -0.3 is 10.5 Å². The van der Waals surface area contributed by atoms with E-state index in [9.17, 15) is 14.4 Å². The summed E-state index contributed by atoms with van der Waals surface area (Å²) in [7, 11) is 0. The van der Waals surface area contributed by atoms with E-state index in [2.05, 4.69) is 4.99 Å². The molecule has 0 radical (unpaired) electrons. The van der Waals surface area contributed by atoms with Crippen molar-refractivity contribution in [2.45, 2.75) is 25.3 Å². The molecule has 0 bridgehead atoms. The number of amides is 1. The van der Waals surface area contributed by atoms with E-state index in [0.29, 0.717) is 19.3 Å². The van der Waals surface area contributed by atoms with Crippen molar-refractivity contribution in [2.75, 3.05) is 0 Å². The number of aliphatic imine (C=N–C) groups is 1. The highest BCUT2D eigenvalue weighted by Gasteiger charge is 2.10. The molecule has 2 N–H and O–H groups in total. The van der Waals surface area contributed by atoms with E-state index in [0.717, 1.165) is 12.4 Å². The Morgan fingerprint density at radius 2 is 2.33 bits per heavy atom. The quantitative estimate of drug-likeness (QED) is 0.262. The number of nitrogens with zero attached hydrogens (tertiary/aromatic N) is 1. The van der Waals surface area contributed by atoms with E-state index < -0.39 is 11.9 Å². The second-order valence-corrected chi connectivity index (χ2v) is 2.25. The van der Waals surface area contributed by atoms with Crippen LogP contribution in [0.2, 0.25) is 0 Å². The molecule has 0 heterocycles. The molecular formula is C7H10N2O3. The molecule has 12 heavy (non-hydrogen) atoms. The summed E-state index contributed by atoms with van der Waals surface area (Å²) in [5, 5.41) is 0. The molecule has 0 saturated carbocycles. The van der Waals surface area contributed by atoms with Crippen molar-refractivity contribution in [3.63, 3.8) is 0 Å². The van der Waals surface area contributed by atoms with Gasteiger partial charge in [-0.1, -0.05) is 0 Å². The van der Waals surface area contributed by atoms with Crippen LogP contribution in [0, 0.1) is 0 Å². The maximum Gasteiger partial charge on any atom is 0.273 e. The Morgan fingerprint density at radius 1 is 1.67 bits per heavy atom. The van der Waals surface area contributed by atoms with Crippen LogP contribution in [0.25, 0.3) is 0 Å². The highest BCUT2D eigenvalue weighted by molar-refractivity contribution is 5.86. The summed E-state index contributed by atoms with van der Waals surface area (Å²) >= 11 is 0. The predicted molar refractivity (Wildman–Crippen MR) is 41.0 cm³/mol. The first-order chi connectivity index (χ1) is 5.72. The van der Waals surface area contributed by atoms with Crippen LogP contribution in [0.5, 0.6) is 0 Å². The number of carbonyl (C=O) groups excluding carboxylic acids is 3. The van der Waals surface area contributed by atoms with Gasteiger partial charge in [0.2, 0.25) is 6.08 Å². The minimum absolute atomic E-state index is 0.364. The van der Waals surface area contributed by atoms with E-state index >= 15 is 0 Å². The highest BCUT2D eigenvalue weighted by atomic mass is 16.2. The lowest BCUT2D eigenvalue weighted by molar-refractivity contribution is -0.119. The van der Waals surface area contributed by atoms with Gasteiger partial charge >= 0.3 is 0 Å². The first-order valence-electron chi connectivity index (χ1n) is 3.53. The molecule has 0 aromatic rings. The van der Waals surface area contributed by atoms with Gasteiger partial charge in [-0.2, -0.15) is 0 Å². The van der Waals surface area contributed by atoms with Crippen LogP contribution in [0.3, 0.4) is 0 Å². The van der Waals surface area contributed by atoms with Gasteiger partial charge in [-0.25, -0.2) is 4.79 Å². The molecule has 0 aliphatic carbocycles. The van der Waals surface area contributed by atoms with Crippen LogP contribution < -0.4 is 5.73 Å². The Labute approximate surface area is 69.6 Å². The second kappa shape index (κ2) is 6.39. The fourth-order valence-electron chi connectivity index (χ4n) is 0.672. The molecule has 1 amide bonds. The normalized spacial score (nSPS) is 11.4. The summed E-state index contributed by atoms with van der Waals surface area (Å²) in [6.45, 7) is 0. The smallest absolute Gasteiger partial charge is 0.273 e. The second-order valence-electron chi connectivity index (χ2n) is 2.25. The zero-order chi connectivity index (χ0) is 9.40. The van der Waals surface area contributed by atoms with Crippen LogP contribution >= 0.6 is 0 Å². The first-order valence-corrected chi connectivity index (χ1v) is 3.53. The summed E-state index contributed by atoms with van der Waals surface area (Å²) in [5.74, 6) is -0.684. The molecule has 0 saturated heterocycles. The van der Waals surface area contributed by atoms with E-state index in [1.165, 1.54) is 0 Å². The summed E-state index contributed by atoms with van der Waals surface area (Å²) < 4.78 is 0. The number of rotatable bonds is 5. The van der Waals surface area contributed by atoms with Crippen LogP contribution in [-0.4, -0.2) is 24.3 Å². The number of carbonyl (C=O) groups is 2. The summed E-state index contributed by atoms with van der Waals surface area (Å²) in [4.78, 5) is 33.0. The van der Waals surface area contributed by atoms with Crippen molar-refractivity contribution in [3.8, 4) is 0 Å². The fraction of sp³-hybridized carbons (Fsp3) is 0.571. The Kier molecular flexibility index (Phi) is 5.69. The summed E-state index contributed by atoms with van der Waals surface area (Å²) in [5.41, 5.74) is 5.31. The molecular weight excluding hydrogens is 160 g/mol. The van der Waals surface area contributed by atoms with Crippen molar-refractivity contribution in [1.29, 1.82) is 0 Å². The topological polar surface area (TPSA) is 89.6 Å². The van der Waals surface area contributed by atoms with E-state index in [4.69, 9.17) is 5.73 Å². The van der Waals surface area contributed by atoms with Gasteiger partial charge in [-0.3, -0.25) is 4.79 Å². The van der Waals surface area contributed by atoms with Crippen LogP contribution in [0.1, 0.15) is 19.3 Å². The highest BCUT2D eigenvalue weighted by Crippen LogP contribution is 1.98. The summed E-state index contributed by atoms with van der Waals surface area (Å²) in [6, 6.07) is -0.786. The Hall–Kier alpha value is -1.32. The molecule has 0 spiro atoms. The maximum atomic E-state index is 10.7. The monoisotopic (exact) mass is 170 g/mol. The molecule has 66 valence electrons. The van der Waals surface area contributed by atoms with Gasteiger partial charge in [0.05, 0.1) is 6.04 Å². The van der Waals surface area contributed by atoms with Crippen LogP contribution in [-0.2, 0) is 14.4 Å². The molecule has 5 heteroatoms. The Morgan fingerprint density at radius 3 is 2.83 bits per heavy atom. The molecule has 0 aromatic heterocycles. The predicted octanol–water partition coefficient (Wildman–Crippen LogP) is -0.455. The third-order valence-corrected chi connectivity index (χ3v) is 1.31. The molecule has 0 aliphatic heterocycles. The van der Waals surface area contributed by atoms with Crippen LogP contribution in [0.4, 0.5) is 0 Å². The van der Waals surface area contributed by atoms with Gasteiger partial charge in [-0.15, -0.1) is 4.99 Å². The fourth-order valence-corrected chi connectivity index (χ4v) is 0.672. The van der Waals surface area contributed by atoms with Crippen molar-refractivity contribution < 1.29 is 14.4 Å². The zero-order valence-corrected chi connectivity index (χ0v) is 6.53. The van der Waals surface area contributed by atoms with Gasteiger partial charge in [0.1, 0.15) is 6.29 Å². The number of nitrogens with two attached hydrogens (primary N) is 1. The molecule has 0 aromatic carbocycles. The van der Waals surface area contributed by atoms with Gasteiger partial charge in [0.25, 0.3) is 5.91 Å². The minimum Gasteiger partial charge on any atom is -0.320 e.